The number of aryl methyl sites for hydroxylation is 1. The van der Waals surface area contributed by atoms with E-state index in [0.29, 0.717) is 15.9 Å². The quantitative estimate of drug-likeness (QED) is 0.782. The molecule has 0 spiro atoms. The molecular formula is C17H17BrClNO. The highest BCUT2D eigenvalue weighted by Gasteiger charge is 2.28. The molecule has 0 radical (unpaired) electrons. The third-order valence-corrected chi connectivity index (χ3v) is 4.87. The zero-order valence-corrected chi connectivity index (χ0v) is 14.3. The van der Waals surface area contributed by atoms with E-state index >= 15 is 0 Å². The normalized spacial score (nSPS) is 13.5. The molecule has 0 aliphatic carbocycles. The Morgan fingerprint density at radius 3 is 2.52 bits per heavy atom. The standard InChI is InChI=1S/C17H17BrClNO/c1-12-8-9-14(19)10-15(12)16(21)20-17(2,11-18)13-6-4-3-5-7-13/h3-10H,11H2,1-2H3,(H,20,21). The molecule has 2 nitrogen and oxygen atoms in total. The minimum atomic E-state index is -0.479. The van der Waals surface area contributed by atoms with Crippen molar-refractivity contribution in [3.8, 4) is 0 Å². The van der Waals surface area contributed by atoms with Crippen LogP contribution < -0.4 is 5.32 Å². The van der Waals surface area contributed by atoms with E-state index in [2.05, 4.69) is 21.2 Å². The van der Waals surface area contributed by atoms with Crippen LogP contribution in [-0.4, -0.2) is 11.2 Å². The van der Waals surface area contributed by atoms with Gasteiger partial charge >= 0.3 is 0 Å². The van der Waals surface area contributed by atoms with Crippen LogP contribution in [-0.2, 0) is 5.54 Å². The van der Waals surface area contributed by atoms with E-state index in [1.807, 2.05) is 50.2 Å². The summed E-state index contributed by atoms with van der Waals surface area (Å²) in [5.74, 6) is -0.124. The zero-order chi connectivity index (χ0) is 15.5. The van der Waals surface area contributed by atoms with Gasteiger partial charge in [0.2, 0.25) is 0 Å². The first-order valence-electron chi connectivity index (χ1n) is 6.66. The smallest absolute Gasteiger partial charge is 0.252 e. The Hall–Kier alpha value is -1.32. The molecule has 1 atom stereocenters. The summed E-state index contributed by atoms with van der Waals surface area (Å²) in [6, 6.07) is 15.2. The molecule has 1 N–H and O–H groups in total. The topological polar surface area (TPSA) is 29.1 Å². The highest BCUT2D eigenvalue weighted by Crippen LogP contribution is 2.24. The maximum Gasteiger partial charge on any atom is 0.252 e. The van der Waals surface area contributed by atoms with Crippen molar-refractivity contribution in [2.24, 2.45) is 0 Å². The number of rotatable bonds is 4. The van der Waals surface area contributed by atoms with Crippen molar-refractivity contribution >= 4 is 33.4 Å². The molecule has 0 saturated heterocycles. The summed E-state index contributed by atoms with van der Waals surface area (Å²) in [5.41, 5.74) is 2.08. The van der Waals surface area contributed by atoms with Gasteiger partial charge < -0.3 is 5.32 Å². The van der Waals surface area contributed by atoms with Gasteiger partial charge in [0.25, 0.3) is 5.91 Å². The van der Waals surface area contributed by atoms with Crippen LogP contribution >= 0.6 is 27.5 Å². The van der Waals surface area contributed by atoms with Gasteiger partial charge in [-0.1, -0.05) is 63.9 Å². The number of halogens is 2. The average Bonchev–Trinajstić information content (AvgIpc) is 2.50. The Bertz CT molecular complexity index is 644. The highest BCUT2D eigenvalue weighted by atomic mass is 79.9. The van der Waals surface area contributed by atoms with Crippen LogP contribution in [0.3, 0.4) is 0 Å². The summed E-state index contributed by atoms with van der Waals surface area (Å²) in [7, 11) is 0. The van der Waals surface area contributed by atoms with Crippen LogP contribution in [0, 0.1) is 6.92 Å². The fourth-order valence-corrected chi connectivity index (χ4v) is 2.78. The minimum absolute atomic E-state index is 0.124. The number of nitrogens with one attached hydrogen (secondary N) is 1. The Morgan fingerprint density at radius 1 is 1.24 bits per heavy atom. The van der Waals surface area contributed by atoms with Crippen LogP contribution in [0.4, 0.5) is 0 Å². The summed E-state index contributed by atoms with van der Waals surface area (Å²) in [5, 5.41) is 4.28. The maximum atomic E-state index is 12.6. The number of carbonyl (C=O) groups is 1. The van der Waals surface area contributed by atoms with Gasteiger partial charge in [-0.2, -0.15) is 0 Å². The van der Waals surface area contributed by atoms with Gasteiger partial charge in [-0.05, 0) is 37.1 Å². The third-order valence-electron chi connectivity index (χ3n) is 3.51. The molecular weight excluding hydrogens is 350 g/mol. The van der Waals surface area contributed by atoms with Gasteiger partial charge in [-0.15, -0.1) is 0 Å². The number of hydrogen-bond acceptors (Lipinski definition) is 1. The molecule has 4 heteroatoms. The van der Waals surface area contributed by atoms with Gasteiger partial charge in [0.1, 0.15) is 0 Å². The molecule has 0 bridgehead atoms. The fraction of sp³-hybridized carbons (Fsp3) is 0.235. The van der Waals surface area contributed by atoms with E-state index in [4.69, 9.17) is 11.6 Å². The second-order valence-electron chi connectivity index (χ2n) is 5.25. The highest BCUT2D eigenvalue weighted by molar-refractivity contribution is 9.09. The zero-order valence-electron chi connectivity index (χ0n) is 12.0. The maximum absolute atomic E-state index is 12.6. The molecule has 0 aliphatic rings. The van der Waals surface area contributed by atoms with E-state index in [-0.39, 0.29) is 5.91 Å². The summed E-state index contributed by atoms with van der Waals surface area (Å²) in [6.07, 6.45) is 0. The van der Waals surface area contributed by atoms with Gasteiger partial charge in [0, 0.05) is 15.9 Å². The number of amides is 1. The lowest BCUT2D eigenvalue weighted by molar-refractivity contribution is 0.0913. The summed E-state index contributed by atoms with van der Waals surface area (Å²) >= 11 is 9.50. The lowest BCUT2D eigenvalue weighted by Gasteiger charge is -2.29. The Balaban J connectivity index is 2.30. The number of benzene rings is 2. The molecule has 2 aromatic rings. The summed E-state index contributed by atoms with van der Waals surface area (Å²) in [4.78, 5) is 12.6. The monoisotopic (exact) mass is 365 g/mol. The van der Waals surface area contributed by atoms with Crippen molar-refractivity contribution in [2.45, 2.75) is 19.4 Å². The van der Waals surface area contributed by atoms with Gasteiger partial charge in [0.15, 0.2) is 0 Å². The van der Waals surface area contributed by atoms with E-state index in [0.717, 1.165) is 11.1 Å². The Morgan fingerprint density at radius 2 is 1.90 bits per heavy atom. The number of carbonyl (C=O) groups excluding carboxylic acids is 1. The van der Waals surface area contributed by atoms with Gasteiger partial charge in [0.05, 0.1) is 5.54 Å². The molecule has 2 rings (SSSR count). The van der Waals surface area contributed by atoms with E-state index in [1.165, 1.54) is 0 Å². The van der Waals surface area contributed by atoms with Crippen LogP contribution in [0.1, 0.15) is 28.4 Å². The van der Waals surface area contributed by atoms with Crippen molar-refractivity contribution in [3.05, 3.63) is 70.2 Å². The van der Waals surface area contributed by atoms with Crippen molar-refractivity contribution in [1.29, 1.82) is 0 Å². The number of alkyl halides is 1. The van der Waals surface area contributed by atoms with E-state index in [9.17, 15) is 4.79 Å². The molecule has 1 amide bonds. The molecule has 110 valence electrons. The van der Waals surface area contributed by atoms with Crippen molar-refractivity contribution in [1.82, 2.24) is 5.32 Å². The van der Waals surface area contributed by atoms with Crippen molar-refractivity contribution < 1.29 is 4.79 Å². The van der Waals surface area contributed by atoms with Crippen molar-refractivity contribution in [3.63, 3.8) is 0 Å². The van der Waals surface area contributed by atoms with Crippen LogP contribution in [0.5, 0.6) is 0 Å². The second kappa shape index (κ2) is 6.63. The minimum Gasteiger partial charge on any atom is -0.342 e. The van der Waals surface area contributed by atoms with Crippen LogP contribution in [0.2, 0.25) is 5.02 Å². The third kappa shape index (κ3) is 3.66. The molecule has 2 aromatic carbocycles. The van der Waals surface area contributed by atoms with Crippen LogP contribution in [0.15, 0.2) is 48.5 Å². The second-order valence-corrected chi connectivity index (χ2v) is 6.24. The average molecular weight is 367 g/mol. The lowest BCUT2D eigenvalue weighted by atomic mass is 9.93. The molecule has 0 saturated carbocycles. The molecule has 1 unspecified atom stereocenters. The largest absolute Gasteiger partial charge is 0.342 e. The Labute approximate surface area is 138 Å². The lowest BCUT2D eigenvalue weighted by Crippen LogP contribution is -2.45. The van der Waals surface area contributed by atoms with Gasteiger partial charge in [-0.25, -0.2) is 0 Å². The van der Waals surface area contributed by atoms with E-state index in [1.54, 1.807) is 12.1 Å². The predicted octanol–water partition coefficient (Wildman–Crippen LogP) is 4.69. The molecule has 0 aromatic heterocycles. The number of hydrogen-bond donors (Lipinski definition) is 1. The fourth-order valence-electron chi connectivity index (χ4n) is 2.15. The first-order valence-corrected chi connectivity index (χ1v) is 8.16. The SMILES string of the molecule is Cc1ccc(Cl)cc1C(=O)NC(C)(CBr)c1ccccc1. The molecule has 0 fully saturated rings. The molecule has 0 heterocycles. The molecule has 0 aliphatic heterocycles. The predicted molar refractivity (Wildman–Crippen MR) is 91.2 cm³/mol. The van der Waals surface area contributed by atoms with E-state index < -0.39 is 5.54 Å². The van der Waals surface area contributed by atoms with Gasteiger partial charge in [-0.3, -0.25) is 4.79 Å². The summed E-state index contributed by atoms with van der Waals surface area (Å²) in [6.45, 7) is 3.90. The summed E-state index contributed by atoms with van der Waals surface area (Å²) < 4.78 is 0. The van der Waals surface area contributed by atoms with Crippen LogP contribution in [0.25, 0.3) is 0 Å². The Kier molecular flexibility index (Phi) is 5.07. The molecule has 21 heavy (non-hydrogen) atoms. The first kappa shape index (κ1) is 16.1. The van der Waals surface area contributed by atoms with Crippen molar-refractivity contribution in [2.75, 3.05) is 5.33 Å². The first-order chi connectivity index (χ1) is 9.96.